The van der Waals surface area contributed by atoms with E-state index in [1.165, 1.54) is 19.3 Å². The van der Waals surface area contributed by atoms with Gasteiger partial charge in [-0.05, 0) is 43.1 Å². The van der Waals surface area contributed by atoms with Gasteiger partial charge in [0.25, 0.3) is 0 Å². The molecule has 0 spiro atoms. The highest BCUT2D eigenvalue weighted by molar-refractivity contribution is 5.33. The molecule has 0 N–H and O–H groups in total. The molecular weight excluding hydrogens is 270 g/mol. The Morgan fingerprint density at radius 2 is 1.76 bits per heavy atom. The maximum atomic E-state index is 14.0. The summed E-state index contributed by atoms with van der Waals surface area (Å²) >= 11 is 0. The van der Waals surface area contributed by atoms with Crippen LogP contribution in [-0.4, -0.2) is 6.61 Å². The fraction of sp³-hybridized carbons (Fsp3) is 0.667. The maximum absolute atomic E-state index is 14.0. The highest BCUT2D eigenvalue weighted by Crippen LogP contribution is 2.37. The molecule has 0 bridgehead atoms. The van der Waals surface area contributed by atoms with E-state index in [0.29, 0.717) is 5.92 Å². The van der Waals surface area contributed by atoms with E-state index in [4.69, 9.17) is 4.74 Å². The predicted molar refractivity (Wildman–Crippen MR) is 84.1 cm³/mol. The van der Waals surface area contributed by atoms with Crippen LogP contribution < -0.4 is 0 Å². The standard InChI is InChI=1S/C18H28F2O/c1-6-21-15(5)18(20)17(19)14(4)12(2)10-11-13(3)16-8-7-9-16/h12-13,16H,4-11H2,1-3H3/b18-17-. The van der Waals surface area contributed by atoms with Crippen LogP contribution in [-0.2, 0) is 4.74 Å². The second-order valence-electron chi connectivity index (χ2n) is 6.16. The first-order valence-corrected chi connectivity index (χ1v) is 7.94. The molecule has 1 saturated carbocycles. The lowest BCUT2D eigenvalue weighted by Gasteiger charge is -2.32. The van der Waals surface area contributed by atoms with Crippen LogP contribution in [0.1, 0.15) is 52.9 Å². The van der Waals surface area contributed by atoms with Crippen molar-refractivity contribution in [3.63, 3.8) is 0 Å². The first-order chi connectivity index (χ1) is 9.88. The molecular formula is C18H28F2O. The van der Waals surface area contributed by atoms with Gasteiger partial charge in [-0.25, -0.2) is 4.39 Å². The molecule has 1 aliphatic rings. The van der Waals surface area contributed by atoms with Crippen LogP contribution in [0.25, 0.3) is 0 Å². The summed E-state index contributed by atoms with van der Waals surface area (Å²) in [6, 6.07) is 0. The van der Waals surface area contributed by atoms with Gasteiger partial charge in [0, 0.05) is 0 Å². The molecule has 0 aromatic rings. The van der Waals surface area contributed by atoms with E-state index in [-0.39, 0.29) is 23.9 Å². The molecule has 1 nitrogen and oxygen atoms in total. The largest absolute Gasteiger partial charge is 0.491 e. The first-order valence-electron chi connectivity index (χ1n) is 7.94. The molecule has 1 rings (SSSR count). The van der Waals surface area contributed by atoms with Crippen molar-refractivity contribution < 1.29 is 13.5 Å². The molecule has 21 heavy (non-hydrogen) atoms. The van der Waals surface area contributed by atoms with Gasteiger partial charge in [-0.15, -0.1) is 0 Å². The molecule has 0 aliphatic heterocycles. The van der Waals surface area contributed by atoms with Crippen LogP contribution in [0.5, 0.6) is 0 Å². The molecule has 1 fully saturated rings. The highest BCUT2D eigenvalue weighted by atomic mass is 19.2. The fourth-order valence-corrected chi connectivity index (χ4v) is 2.65. The third-order valence-electron chi connectivity index (χ3n) is 4.64. The quantitative estimate of drug-likeness (QED) is 0.369. The van der Waals surface area contributed by atoms with E-state index in [1.54, 1.807) is 6.92 Å². The lowest BCUT2D eigenvalue weighted by molar-refractivity contribution is 0.203. The van der Waals surface area contributed by atoms with Crippen molar-refractivity contribution in [2.75, 3.05) is 6.61 Å². The number of rotatable bonds is 9. The van der Waals surface area contributed by atoms with E-state index >= 15 is 0 Å². The summed E-state index contributed by atoms with van der Waals surface area (Å²) in [5.41, 5.74) is 0.203. The molecule has 0 aromatic heterocycles. The molecule has 120 valence electrons. The summed E-state index contributed by atoms with van der Waals surface area (Å²) in [6.07, 6.45) is 5.82. The minimum Gasteiger partial charge on any atom is -0.491 e. The van der Waals surface area contributed by atoms with Gasteiger partial charge >= 0.3 is 0 Å². The summed E-state index contributed by atoms with van der Waals surface area (Å²) < 4.78 is 32.7. The Labute approximate surface area is 127 Å². The summed E-state index contributed by atoms with van der Waals surface area (Å²) in [4.78, 5) is 0. The zero-order valence-electron chi connectivity index (χ0n) is 13.6. The Balaban J connectivity index is 2.51. The van der Waals surface area contributed by atoms with Crippen molar-refractivity contribution in [3.05, 3.63) is 36.1 Å². The van der Waals surface area contributed by atoms with Gasteiger partial charge in [0.1, 0.15) is 0 Å². The normalized spacial score (nSPS) is 19.3. The van der Waals surface area contributed by atoms with Crippen molar-refractivity contribution in [1.82, 2.24) is 0 Å². The average Bonchev–Trinajstić information content (AvgIpc) is 2.40. The molecule has 0 saturated heterocycles. The van der Waals surface area contributed by atoms with E-state index in [2.05, 4.69) is 20.1 Å². The lowest BCUT2D eigenvalue weighted by Crippen LogP contribution is -2.20. The zero-order chi connectivity index (χ0) is 16.0. The second-order valence-corrected chi connectivity index (χ2v) is 6.16. The first kappa shape index (κ1) is 17.9. The fourth-order valence-electron chi connectivity index (χ4n) is 2.65. The summed E-state index contributed by atoms with van der Waals surface area (Å²) in [5.74, 6) is -0.804. The minimum atomic E-state index is -1.03. The number of allylic oxidation sites excluding steroid dienone is 3. The number of ether oxygens (including phenoxy) is 1. The van der Waals surface area contributed by atoms with Gasteiger partial charge in [-0.2, -0.15) is 4.39 Å². The van der Waals surface area contributed by atoms with Gasteiger partial charge < -0.3 is 4.74 Å². The van der Waals surface area contributed by atoms with Gasteiger partial charge in [0.05, 0.1) is 6.61 Å². The van der Waals surface area contributed by atoms with Crippen molar-refractivity contribution in [2.24, 2.45) is 17.8 Å². The van der Waals surface area contributed by atoms with Crippen LogP contribution >= 0.6 is 0 Å². The van der Waals surface area contributed by atoms with Crippen LogP contribution in [0.2, 0.25) is 0 Å². The van der Waals surface area contributed by atoms with E-state index in [1.807, 2.05) is 6.92 Å². The zero-order valence-corrected chi connectivity index (χ0v) is 13.6. The predicted octanol–water partition coefficient (Wildman–Crippen LogP) is 6.10. The van der Waals surface area contributed by atoms with Crippen molar-refractivity contribution in [1.29, 1.82) is 0 Å². The molecule has 0 aromatic carbocycles. The number of hydrogen-bond donors (Lipinski definition) is 0. The number of hydrogen-bond acceptors (Lipinski definition) is 1. The van der Waals surface area contributed by atoms with Crippen LogP contribution in [0.3, 0.4) is 0 Å². The summed E-state index contributed by atoms with van der Waals surface area (Å²) in [5, 5.41) is 0. The topological polar surface area (TPSA) is 9.23 Å². The van der Waals surface area contributed by atoms with Crippen molar-refractivity contribution in [3.8, 4) is 0 Å². The Morgan fingerprint density at radius 1 is 1.14 bits per heavy atom. The molecule has 2 atom stereocenters. The van der Waals surface area contributed by atoms with Gasteiger partial charge in [0.2, 0.25) is 0 Å². The van der Waals surface area contributed by atoms with E-state index in [9.17, 15) is 8.78 Å². The molecule has 0 radical (unpaired) electrons. The van der Waals surface area contributed by atoms with Crippen LogP contribution in [0, 0.1) is 17.8 Å². The molecule has 1 aliphatic carbocycles. The Hall–Kier alpha value is -1.12. The SMILES string of the molecule is C=C(OCC)/C(F)=C(/F)C(=C)C(C)CCC(C)C1CCC1. The van der Waals surface area contributed by atoms with Crippen LogP contribution in [0.15, 0.2) is 36.1 Å². The van der Waals surface area contributed by atoms with E-state index in [0.717, 1.165) is 18.8 Å². The Bertz CT molecular complexity index is 407. The average molecular weight is 298 g/mol. The summed E-state index contributed by atoms with van der Waals surface area (Å²) in [7, 11) is 0. The molecule has 3 heteroatoms. The van der Waals surface area contributed by atoms with Gasteiger partial charge in [-0.1, -0.05) is 46.3 Å². The number of halogens is 2. The molecule has 0 amide bonds. The lowest BCUT2D eigenvalue weighted by atomic mass is 9.74. The van der Waals surface area contributed by atoms with Gasteiger partial charge in [0.15, 0.2) is 17.4 Å². The van der Waals surface area contributed by atoms with Gasteiger partial charge in [-0.3, -0.25) is 0 Å². The van der Waals surface area contributed by atoms with E-state index < -0.39 is 11.7 Å². The Morgan fingerprint density at radius 3 is 2.24 bits per heavy atom. The highest BCUT2D eigenvalue weighted by Gasteiger charge is 2.25. The van der Waals surface area contributed by atoms with Crippen molar-refractivity contribution in [2.45, 2.75) is 52.9 Å². The van der Waals surface area contributed by atoms with Crippen LogP contribution in [0.4, 0.5) is 8.78 Å². The Kier molecular flexibility index (Phi) is 7.13. The smallest absolute Gasteiger partial charge is 0.200 e. The second kappa shape index (κ2) is 8.35. The molecule has 0 heterocycles. The molecule has 2 unspecified atom stereocenters. The third-order valence-corrected chi connectivity index (χ3v) is 4.64. The van der Waals surface area contributed by atoms with Crippen molar-refractivity contribution >= 4 is 0 Å². The monoisotopic (exact) mass is 298 g/mol. The summed E-state index contributed by atoms with van der Waals surface area (Å²) in [6.45, 7) is 13.2. The minimum absolute atomic E-state index is 0.0762. The maximum Gasteiger partial charge on any atom is 0.200 e. The third kappa shape index (κ3) is 4.98.